The van der Waals surface area contributed by atoms with Gasteiger partial charge in [0.15, 0.2) is 5.82 Å². The molecule has 0 amide bonds. The second-order valence-corrected chi connectivity index (χ2v) is 2.83. The summed E-state index contributed by atoms with van der Waals surface area (Å²) in [7, 11) is 1.78. The van der Waals surface area contributed by atoms with Crippen LogP contribution in [0.15, 0.2) is 18.5 Å². The lowest BCUT2D eigenvalue weighted by atomic mass is 10.4. The Bertz CT molecular complexity index is 471. The Labute approximate surface area is 79.2 Å². The number of imidazole rings is 1. The van der Waals surface area contributed by atoms with Crippen molar-refractivity contribution in [1.82, 2.24) is 19.7 Å². The maximum absolute atomic E-state index is 10.6. The molecule has 0 radical (unpaired) electrons. The Hall–Kier alpha value is -2.11. The average Bonchev–Trinajstić information content (AvgIpc) is 2.70. The number of aromatic nitrogens is 4. The Morgan fingerprint density at radius 2 is 2.43 bits per heavy atom. The summed E-state index contributed by atoms with van der Waals surface area (Å²) in [6.45, 7) is 0. The lowest BCUT2D eigenvalue weighted by Gasteiger charge is -1.88. The number of H-pyrrole nitrogens is 1. The van der Waals surface area contributed by atoms with Crippen LogP contribution in [0.5, 0.6) is 0 Å². The number of nitrogens with one attached hydrogen (secondary N) is 1. The smallest absolute Gasteiger partial charge is 0.353 e. The molecule has 6 nitrogen and oxygen atoms in total. The normalized spacial score (nSPS) is 10.4. The molecule has 0 bridgehead atoms. The van der Waals surface area contributed by atoms with Crippen molar-refractivity contribution in [3.63, 3.8) is 0 Å². The van der Waals surface area contributed by atoms with Gasteiger partial charge in [-0.2, -0.15) is 5.10 Å². The SMILES string of the molecule is Cn1ccc(-c2ncc(C(=O)O)[nH]2)n1. The minimum Gasteiger partial charge on any atom is -0.477 e. The minimum atomic E-state index is -1.03. The number of aromatic amines is 1. The zero-order chi connectivity index (χ0) is 10.1. The van der Waals surface area contributed by atoms with Crippen LogP contribution in [0, 0.1) is 0 Å². The molecule has 2 aromatic rings. The first-order valence-corrected chi connectivity index (χ1v) is 3.95. The second kappa shape index (κ2) is 2.99. The van der Waals surface area contributed by atoms with E-state index >= 15 is 0 Å². The summed E-state index contributed by atoms with van der Waals surface area (Å²) in [4.78, 5) is 17.1. The molecule has 0 aliphatic heterocycles. The molecule has 2 N–H and O–H groups in total. The molecule has 0 fully saturated rings. The average molecular weight is 192 g/mol. The van der Waals surface area contributed by atoms with Crippen LogP contribution in [0.3, 0.4) is 0 Å². The number of hydrogen-bond donors (Lipinski definition) is 2. The summed E-state index contributed by atoms with van der Waals surface area (Å²) < 4.78 is 1.62. The van der Waals surface area contributed by atoms with Crippen LogP contribution in [0.2, 0.25) is 0 Å². The molecule has 2 heterocycles. The molecule has 0 saturated carbocycles. The number of aromatic carboxylic acids is 1. The third-order valence-electron chi connectivity index (χ3n) is 1.76. The zero-order valence-corrected chi connectivity index (χ0v) is 7.43. The highest BCUT2D eigenvalue weighted by Gasteiger charge is 2.09. The molecule has 6 heteroatoms. The van der Waals surface area contributed by atoms with Gasteiger partial charge in [-0.3, -0.25) is 4.68 Å². The van der Waals surface area contributed by atoms with E-state index < -0.39 is 5.97 Å². The largest absolute Gasteiger partial charge is 0.477 e. The van der Waals surface area contributed by atoms with E-state index in [0.29, 0.717) is 11.5 Å². The van der Waals surface area contributed by atoms with Crippen LogP contribution in [-0.4, -0.2) is 30.8 Å². The Kier molecular flexibility index (Phi) is 1.81. The van der Waals surface area contributed by atoms with Crippen LogP contribution in [0.1, 0.15) is 10.5 Å². The van der Waals surface area contributed by atoms with Gasteiger partial charge in [0.25, 0.3) is 0 Å². The summed E-state index contributed by atoms with van der Waals surface area (Å²) in [6.07, 6.45) is 3.03. The topological polar surface area (TPSA) is 83.8 Å². The lowest BCUT2D eigenvalue weighted by Crippen LogP contribution is -1.95. The molecule has 2 rings (SSSR count). The first-order chi connectivity index (χ1) is 6.66. The van der Waals surface area contributed by atoms with Crippen molar-refractivity contribution in [3.05, 3.63) is 24.2 Å². The summed E-state index contributed by atoms with van der Waals surface area (Å²) in [5.74, 6) is -0.567. The van der Waals surface area contributed by atoms with Gasteiger partial charge in [0, 0.05) is 13.2 Å². The molecule has 14 heavy (non-hydrogen) atoms. The van der Waals surface area contributed by atoms with Gasteiger partial charge in [-0.1, -0.05) is 0 Å². The second-order valence-electron chi connectivity index (χ2n) is 2.83. The fourth-order valence-electron chi connectivity index (χ4n) is 1.10. The minimum absolute atomic E-state index is 0.0608. The van der Waals surface area contributed by atoms with E-state index in [2.05, 4.69) is 15.1 Å². The highest BCUT2D eigenvalue weighted by molar-refractivity contribution is 5.85. The van der Waals surface area contributed by atoms with Crippen LogP contribution in [0.25, 0.3) is 11.5 Å². The molecule has 0 unspecified atom stereocenters. The van der Waals surface area contributed by atoms with E-state index in [9.17, 15) is 4.79 Å². The molecule has 0 aromatic carbocycles. The van der Waals surface area contributed by atoms with Gasteiger partial charge >= 0.3 is 5.97 Å². The van der Waals surface area contributed by atoms with Crippen molar-refractivity contribution in [1.29, 1.82) is 0 Å². The molecule has 72 valence electrons. The molecule has 0 spiro atoms. The van der Waals surface area contributed by atoms with Crippen molar-refractivity contribution in [2.24, 2.45) is 7.05 Å². The standard InChI is InChI=1S/C8H8N4O2/c1-12-3-2-5(11-12)7-9-4-6(10-7)8(13)14/h2-4H,1H3,(H,9,10)(H,13,14). The third kappa shape index (κ3) is 1.37. The van der Waals surface area contributed by atoms with Crippen LogP contribution in [0.4, 0.5) is 0 Å². The van der Waals surface area contributed by atoms with E-state index in [-0.39, 0.29) is 5.69 Å². The van der Waals surface area contributed by atoms with Gasteiger partial charge in [-0.15, -0.1) is 0 Å². The highest BCUT2D eigenvalue weighted by atomic mass is 16.4. The van der Waals surface area contributed by atoms with Crippen LogP contribution in [-0.2, 0) is 7.05 Å². The molecule has 0 aliphatic carbocycles. The number of nitrogens with zero attached hydrogens (tertiary/aromatic N) is 3. The van der Waals surface area contributed by atoms with E-state index in [1.807, 2.05) is 0 Å². The fraction of sp³-hybridized carbons (Fsp3) is 0.125. The van der Waals surface area contributed by atoms with Crippen molar-refractivity contribution in [3.8, 4) is 11.5 Å². The summed E-state index contributed by atoms with van der Waals surface area (Å²) >= 11 is 0. The predicted octanol–water partition coefficient (Wildman–Crippen LogP) is 0.508. The van der Waals surface area contributed by atoms with Gasteiger partial charge in [0.2, 0.25) is 0 Å². The number of carboxylic acids is 1. The maximum atomic E-state index is 10.6. The molecule has 0 aliphatic rings. The van der Waals surface area contributed by atoms with E-state index in [4.69, 9.17) is 5.11 Å². The summed E-state index contributed by atoms with van der Waals surface area (Å²) in [6, 6.07) is 1.75. The predicted molar refractivity (Wildman–Crippen MR) is 47.7 cm³/mol. The number of carbonyl (C=O) groups is 1. The monoisotopic (exact) mass is 192 g/mol. The van der Waals surface area contributed by atoms with Crippen LogP contribution < -0.4 is 0 Å². The van der Waals surface area contributed by atoms with E-state index in [1.54, 1.807) is 24.0 Å². The van der Waals surface area contributed by atoms with Gasteiger partial charge in [0.1, 0.15) is 11.4 Å². The quantitative estimate of drug-likeness (QED) is 0.726. The third-order valence-corrected chi connectivity index (χ3v) is 1.76. The molecule has 0 atom stereocenters. The van der Waals surface area contributed by atoms with E-state index in [1.165, 1.54) is 6.20 Å². The number of rotatable bonds is 2. The van der Waals surface area contributed by atoms with Crippen molar-refractivity contribution >= 4 is 5.97 Å². The molecular weight excluding hydrogens is 184 g/mol. The number of aryl methyl sites for hydroxylation is 1. The van der Waals surface area contributed by atoms with Gasteiger partial charge in [-0.05, 0) is 6.07 Å². The van der Waals surface area contributed by atoms with Crippen molar-refractivity contribution in [2.75, 3.05) is 0 Å². The Balaban J connectivity index is 2.38. The summed E-state index contributed by atoms with van der Waals surface area (Å²) in [5.41, 5.74) is 0.686. The first-order valence-electron chi connectivity index (χ1n) is 3.95. The first kappa shape index (κ1) is 8.49. The van der Waals surface area contributed by atoms with Crippen LogP contribution >= 0.6 is 0 Å². The zero-order valence-electron chi connectivity index (χ0n) is 7.43. The maximum Gasteiger partial charge on any atom is 0.353 e. The van der Waals surface area contributed by atoms with E-state index in [0.717, 1.165) is 0 Å². The van der Waals surface area contributed by atoms with Gasteiger partial charge in [0.05, 0.1) is 6.20 Å². The Morgan fingerprint density at radius 3 is 2.93 bits per heavy atom. The molecule has 2 aromatic heterocycles. The molecular formula is C8H8N4O2. The summed E-state index contributed by atoms with van der Waals surface area (Å²) in [5, 5.41) is 12.7. The lowest BCUT2D eigenvalue weighted by molar-refractivity contribution is 0.0691. The molecule has 0 saturated heterocycles. The number of hydrogen-bond acceptors (Lipinski definition) is 3. The highest BCUT2D eigenvalue weighted by Crippen LogP contribution is 2.11. The van der Waals surface area contributed by atoms with Gasteiger partial charge < -0.3 is 10.1 Å². The Morgan fingerprint density at radius 1 is 1.64 bits per heavy atom. The fourth-order valence-corrected chi connectivity index (χ4v) is 1.10. The van der Waals surface area contributed by atoms with Crippen molar-refractivity contribution in [2.45, 2.75) is 0 Å². The van der Waals surface area contributed by atoms with Gasteiger partial charge in [-0.25, -0.2) is 9.78 Å². The van der Waals surface area contributed by atoms with Crippen molar-refractivity contribution < 1.29 is 9.90 Å². The number of carboxylic acid groups (broad SMARTS) is 1.